The molecule has 1 saturated heterocycles. The predicted octanol–water partition coefficient (Wildman–Crippen LogP) is 4.15. The minimum absolute atomic E-state index is 0.0601. The van der Waals surface area contributed by atoms with Crippen molar-refractivity contribution >= 4 is 56.7 Å². The average Bonchev–Trinajstić information content (AvgIpc) is 3.55. The fourth-order valence-corrected chi connectivity index (χ4v) is 7.81. The molecule has 8 heteroatoms. The van der Waals surface area contributed by atoms with Crippen LogP contribution >= 0.6 is 23.1 Å². The van der Waals surface area contributed by atoms with Crippen molar-refractivity contribution in [3.05, 3.63) is 30.4 Å². The predicted molar refractivity (Wildman–Crippen MR) is 126 cm³/mol. The van der Waals surface area contributed by atoms with Crippen molar-refractivity contribution < 1.29 is 14.4 Å². The van der Waals surface area contributed by atoms with Gasteiger partial charge in [0.05, 0.1) is 33.5 Å². The first kappa shape index (κ1) is 20.4. The largest absolute Gasteiger partial charge is 0.353 e. The van der Waals surface area contributed by atoms with Gasteiger partial charge in [-0.2, -0.15) is 0 Å². The Bertz CT molecular complexity index is 1110. The molecule has 3 amide bonds. The van der Waals surface area contributed by atoms with Crippen LogP contribution in [0.3, 0.4) is 0 Å². The molecule has 32 heavy (non-hydrogen) atoms. The van der Waals surface area contributed by atoms with E-state index in [4.69, 9.17) is 0 Å². The van der Waals surface area contributed by atoms with Crippen molar-refractivity contribution in [3.8, 4) is 0 Å². The maximum atomic E-state index is 13.1. The maximum absolute atomic E-state index is 13.1. The quantitative estimate of drug-likeness (QED) is 0.406. The summed E-state index contributed by atoms with van der Waals surface area (Å²) >= 11 is 2.95. The van der Waals surface area contributed by atoms with Gasteiger partial charge in [-0.15, -0.1) is 11.3 Å². The Hall–Kier alpha value is -2.19. The highest BCUT2D eigenvalue weighted by molar-refractivity contribution is 8.01. The minimum atomic E-state index is -0.191. The summed E-state index contributed by atoms with van der Waals surface area (Å²) in [5.41, 5.74) is 1.46. The number of nitrogens with zero attached hydrogens (tertiary/aromatic N) is 2. The minimum Gasteiger partial charge on any atom is -0.353 e. The third-order valence-corrected chi connectivity index (χ3v) is 9.54. The number of carbonyl (C=O) groups is 3. The summed E-state index contributed by atoms with van der Waals surface area (Å²) in [5, 5.41) is 3.14. The number of aromatic nitrogens is 1. The third kappa shape index (κ3) is 3.39. The second kappa shape index (κ2) is 7.99. The van der Waals surface area contributed by atoms with Gasteiger partial charge >= 0.3 is 0 Å². The Morgan fingerprint density at radius 3 is 2.53 bits per heavy atom. The van der Waals surface area contributed by atoms with E-state index in [-0.39, 0.29) is 41.4 Å². The molecule has 4 aliphatic rings. The van der Waals surface area contributed by atoms with Crippen molar-refractivity contribution in [2.45, 2.75) is 48.9 Å². The Balaban J connectivity index is 1.15. The van der Waals surface area contributed by atoms with E-state index < -0.39 is 0 Å². The number of nitrogens with one attached hydrogen (secondary N) is 1. The third-order valence-electron chi connectivity index (χ3n) is 7.38. The van der Waals surface area contributed by atoms with E-state index >= 15 is 0 Å². The van der Waals surface area contributed by atoms with Crippen LogP contribution in [-0.4, -0.2) is 34.5 Å². The number of benzene rings is 1. The SMILES string of the molecule is O=C(CSc1nc2ccc(N3C(=O)[C@H]4[C@H](C3=O)[C@H]3C=C[C@H]4C3)cc2s1)NC1CCCCC1. The molecule has 166 valence electrons. The highest BCUT2D eigenvalue weighted by Gasteiger charge is 2.59. The van der Waals surface area contributed by atoms with Gasteiger partial charge in [0.1, 0.15) is 0 Å². The number of carbonyl (C=O) groups excluding carboxylic acids is 3. The van der Waals surface area contributed by atoms with E-state index in [1.54, 1.807) is 0 Å². The lowest BCUT2D eigenvalue weighted by Crippen LogP contribution is -2.37. The van der Waals surface area contributed by atoms with Crippen LogP contribution in [0.25, 0.3) is 10.2 Å². The summed E-state index contributed by atoms with van der Waals surface area (Å²) in [7, 11) is 0. The van der Waals surface area contributed by atoms with Gasteiger partial charge in [0.25, 0.3) is 0 Å². The molecular formula is C24H25N3O3S2. The first-order valence-corrected chi connectivity index (χ1v) is 13.3. The van der Waals surface area contributed by atoms with Crippen LogP contribution in [0.15, 0.2) is 34.7 Å². The Morgan fingerprint density at radius 1 is 1.09 bits per heavy atom. The lowest BCUT2D eigenvalue weighted by Gasteiger charge is -2.22. The Labute approximate surface area is 194 Å². The number of thioether (sulfide) groups is 1. The zero-order valence-electron chi connectivity index (χ0n) is 17.7. The van der Waals surface area contributed by atoms with Gasteiger partial charge in [0.2, 0.25) is 17.7 Å². The highest BCUT2D eigenvalue weighted by atomic mass is 32.2. The van der Waals surface area contributed by atoms with Crippen LogP contribution in [0.5, 0.6) is 0 Å². The van der Waals surface area contributed by atoms with E-state index in [9.17, 15) is 14.4 Å². The molecule has 2 heterocycles. The summed E-state index contributed by atoms with van der Waals surface area (Å²) in [6.45, 7) is 0. The van der Waals surface area contributed by atoms with E-state index in [0.29, 0.717) is 17.5 Å². The molecule has 6 nitrogen and oxygen atoms in total. The number of hydrogen-bond acceptors (Lipinski definition) is 6. The van der Waals surface area contributed by atoms with Gasteiger partial charge in [0, 0.05) is 6.04 Å². The molecule has 6 rings (SSSR count). The smallest absolute Gasteiger partial charge is 0.238 e. The molecule has 1 aromatic carbocycles. The molecule has 4 atom stereocenters. The number of amides is 3. The zero-order valence-corrected chi connectivity index (χ0v) is 19.3. The summed E-state index contributed by atoms with van der Waals surface area (Å²) < 4.78 is 1.76. The van der Waals surface area contributed by atoms with Crippen LogP contribution in [0.2, 0.25) is 0 Å². The van der Waals surface area contributed by atoms with Gasteiger partial charge in [-0.3, -0.25) is 14.4 Å². The summed E-state index contributed by atoms with van der Waals surface area (Å²) in [5.74, 6) is 0.328. The monoisotopic (exact) mass is 467 g/mol. The lowest BCUT2D eigenvalue weighted by atomic mass is 9.85. The summed E-state index contributed by atoms with van der Waals surface area (Å²) in [6, 6.07) is 5.90. The molecular weight excluding hydrogens is 442 g/mol. The molecule has 1 aliphatic heterocycles. The number of anilines is 1. The fourth-order valence-electron chi connectivity index (χ4n) is 5.89. The van der Waals surface area contributed by atoms with E-state index in [0.717, 1.165) is 33.8 Å². The summed E-state index contributed by atoms with van der Waals surface area (Å²) in [6.07, 6.45) is 11.0. The van der Waals surface area contributed by atoms with Gasteiger partial charge in [-0.05, 0) is 49.3 Å². The average molecular weight is 468 g/mol. The molecule has 3 fully saturated rings. The summed E-state index contributed by atoms with van der Waals surface area (Å²) in [4.78, 5) is 44.5. The molecule has 0 spiro atoms. The van der Waals surface area contributed by atoms with Crippen molar-refractivity contribution in [1.82, 2.24) is 10.3 Å². The molecule has 2 bridgehead atoms. The molecule has 2 aromatic rings. The van der Waals surface area contributed by atoms with Crippen molar-refractivity contribution in [1.29, 1.82) is 0 Å². The number of hydrogen-bond donors (Lipinski definition) is 1. The standard InChI is InChI=1S/C24H25N3O3S2/c28-19(25-15-4-2-1-3-5-15)12-31-24-26-17-9-8-16(11-18(17)32-24)27-22(29)20-13-6-7-14(10-13)21(20)23(27)30/h6-9,11,13-15,20-21H,1-5,10,12H2,(H,25,28)/t13-,14-,20+,21+/m0/s1. The van der Waals surface area contributed by atoms with Crippen LogP contribution in [-0.2, 0) is 14.4 Å². The number of rotatable bonds is 5. The van der Waals surface area contributed by atoms with Crippen LogP contribution in [0.1, 0.15) is 38.5 Å². The number of imide groups is 1. The molecule has 2 saturated carbocycles. The van der Waals surface area contributed by atoms with E-state index in [2.05, 4.69) is 22.5 Å². The van der Waals surface area contributed by atoms with E-state index in [1.807, 2.05) is 18.2 Å². The van der Waals surface area contributed by atoms with Crippen LogP contribution in [0.4, 0.5) is 5.69 Å². The number of fused-ring (bicyclic) bond motifs is 6. The van der Waals surface area contributed by atoms with Crippen LogP contribution < -0.4 is 10.2 Å². The number of allylic oxidation sites excluding steroid dienone is 2. The molecule has 1 N–H and O–H groups in total. The molecule has 0 unspecified atom stereocenters. The van der Waals surface area contributed by atoms with Crippen LogP contribution in [0, 0.1) is 23.7 Å². The fraction of sp³-hybridized carbons (Fsp3) is 0.500. The maximum Gasteiger partial charge on any atom is 0.238 e. The lowest BCUT2D eigenvalue weighted by molar-refractivity contribution is -0.123. The Kier molecular flexibility index (Phi) is 5.10. The van der Waals surface area contributed by atoms with Crippen molar-refractivity contribution in [3.63, 3.8) is 0 Å². The normalized spacial score (nSPS) is 29.3. The van der Waals surface area contributed by atoms with Gasteiger partial charge < -0.3 is 5.32 Å². The van der Waals surface area contributed by atoms with Gasteiger partial charge in [-0.25, -0.2) is 9.88 Å². The zero-order chi connectivity index (χ0) is 21.8. The highest BCUT2D eigenvalue weighted by Crippen LogP contribution is 2.53. The topological polar surface area (TPSA) is 79.4 Å². The second-order valence-corrected chi connectivity index (χ2v) is 11.6. The van der Waals surface area contributed by atoms with Crippen molar-refractivity contribution in [2.75, 3.05) is 10.7 Å². The first-order valence-electron chi connectivity index (χ1n) is 11.5. The second-order valence-electron chi connectivity index (χ2n) is 9.33. The van der Waals surface area contributed by atoms with Crippen molar-refractivity contribution in [2.24, 2.45) is 23.7 Å². The van der Waals surface area contributed by atoms with Gasteiger partial charge in [-0.1, -0.05) is 43.2 Å². The van der Waals surface area contributed by atoms with E-state index in [1.165, 1.54) is 47.3 Å². The van der Waals surface area contributed by atoms with Gasteiger partial charge in [0.15, 0.2) is 4.34 Å². The molecule has 3 aliphatic carbocycles. The first-order chi connectivity index (χ1) is 15.6. The molecule has 0 radical (unpaired) electrons. The Morgan fingerprint density at radius 2 is 1.81 bits per heavy atom. The molecule has 1 aromatic heterocycles. The number of thiazole rings is 1.